The van der Waals surface area contributed by atoms with Crippen molar-refractivity contribution in [1.82, 2.24) is 5.32 Å². The molecule has 0 radical (unpaired) electrons. The number of rotatable bonds is 75. The number of unbranched alkanes of at least 4 members (excludes halogenated alkanes) is 60. The molecule has 0 aromatic rings. The molecular formula is C81H155NO5. The van der Waals surface area contributed by atoms with Crippen LogP contribution in [0.3, 0.4) is 0 Å². The minimum absolute atomic E-state index is 0.0213. The van der Waals surface area contributed by atoms with Gasteiger partial charge in [0.2, 0.25) is 5.91 Å². The fourth-order valence-corrected chi connectivity index (χ4v) is 12.6. The third-order valence-electron chi connectivity index (χ3n) is 18.7. The Balaban J connectivity index is 3.37. The van der Waals surface area contributed by atoms with Crippen LogP contribution in [0.4, 0.5) is 0 Å². The van der Waals surface area contributed by atoms with E-state index in [-0.39, 0.29) is 18.5 Å². The van der Waals surface area contributed by atoms with Gasteiger partial charge in [0.1, 0.15) is 0 Å². The first-order valence-electron chi connectivity index (χ1n) is 39.8. The van der Waals surface area contributed by atoms with Crippen molar-refractivity contribution in [1.29, 1.82) is 0 Å². The smallest absolute Gasteiger partial charge is 0.305 e. The van der Waals surface area contributed by atoms with Gasteiger partial charge >= 0.3 is 5.97 Å². The van der Waals surface area contributed by atoms with E-state index in [0.717, 1.165) is 44.9 Å². The Bertz CT molecular complexity index is 1410. The van der Waals surface area contributed by atoms with Crippen molar-refractivity contribution in [3.8, 4) is 0 Å². The molecule has 0 saturated carbocycles. The SMILES string of the molecule is CCCCCCCCCCCCCCCCCC/C=C/C(O)C(CO)NC(=O)CCCCCCCCCCCCCCCCCCC/C=C\C/C=C\CCCCCCCCCCCCCOC(=O)CCCCCCCCCCCCCCCCCCC. The molecule has 87 heavy (non-hydrogen) atoms. The van der Waals surface area contributed by atoms with Gasteiger partial charge < -0.3 is 20.3 Å². The molecule has 0 spiro atoms. The molecule has 0 rings (SSSR count). The van der Waals surface area contributed by atoms with Crippen molar-refractivity contribution >= 4 is 11.9 Å². The summed E-state index contributed by atoms with van der Waals surface area (Å²) in [6, 6.07) is -0.627. The summed E-state index contributed by atoms with van der Waals surface area (Å²) in [5.74, 6) is -0.0406. The molecule has 514 valence electrons. The average Bonchev–Trinajstić information content (AvgIpc) is 3.58. The van der Waals surface area contributed by atoms with Gasteiger partial charge in [-0.2, -0.15) is 0 Å². The summed E-state index contributed by atoms with van der Waals surface area (Å²) in [6.45, 7) is 4.95. The van der Waals surface area contributed by atoms with Crippen LogP contribution in [0, 0.1) is 0 Å². The minimum Gasteiger partial charge on any atom is -0.466 e. The number of nitrogens with one attached hydrogen (secondary N) is 1. The number of carbonyl (C=O) groups is 2. The molecule has 0 saturated heterocycles. The van der Waals surface area contributed by atoms with Crippen LogP contribution >= 0.6 is 0 Å². The van der Waals surface area contributed by atoms with E-state index < -0.39 is 12.1 Å². The number of aliphatic hydroxyl groups excluding tert-OH is 2. The van der Waals surface area contributed by atoms with Crippen molar-refractivity contribution in [2.75, 3.05) is 13.2 Å². The molecule has 0 aromatic carbocycles. The van der Waals surface area contributed by atoms with Gasteiger partial charge in [0.15, 0.2) is 0 Å². The number of esters is 1. The van der Waals surface area contributed by atoms with Gasteiger partial charge in [-0.15, -0.1) is 0 Å². The lowest BCUT2D eigenvalue weighted by Gasteiger charge is -2.20. The van der Waals surface area contributed by atoms with Crippen LogP contribution in [0.25, 0.3) is 0 Å². The van der Waals surface area contributed by atoms with E-state index in [0.29, 0.717) is 19.4 Å². The molecule has 2 atom stereocenters. The fourth-order valence-electron chi connectivity index (χ4n) is 12.6. The maximum absolute atomic E-state index is 12.5. The zero-order chi connectivity index (χ0) is 62.8. The van der Waals surface area contributed by atoms with E-state index in [1.807, 2.05) is 6.08 Å². The highest BCUT2D eigenvalue weighted by Gasteiger charge is 2.18. The minimum atomic E-state index is -0.844. The Kier molecular flexibility index (Phi) is 74.8. The van der Waals surface area contributed by atoms with Gasteiger partial charge in [0.05, 0.1) is 25.4 Å². The summed E-state index contributed by atoms with van der Waals surface area (Å²) in [5, 5.41) is 23.2. The Morgan fingerprint density at radius 1 is 0.322 bits per heavy atom. The molecule has 0 aromatic heterocycles. The summed E-state index contributed by atoms with van der Waals surface area (Å²) in [6.07, 6.45) is 99.8. The van der Waals surface area contributed by atoms with Crippen LogP contribution in [0.15, 0.2) is 36.5 Å². The van der Waals surface area contributed by atoms with Gasteiger partial charge in [-0.3, -0.25) is 9.59 Å². The lowest BCUT2D eigenvalue weighted by Crippen LogP contribution is -2.45. The first-order valence-corrected chi connectivity index (χ1v) is 39.8. The Morgan fingerprint density at radius 3 is 0.874 bits per heavy atom. The third kappa shape index (κ3) is 73.0. The van der Waals surface area contributed by atoms with Crippen molar-refractivity contribution in [3.05, 3.63) is 36.5 Å². The van der Waals surface area contributed by atoms with E-state index >= 15 is 0 Å². The lowest BCUT2D eigenvalue weighted by molar-refractivity contribution is -0.143. The predicted octanol–water partition coefficient (Wildman–Crippen LogP) is 26.2. The van der Waals surface area contributed by atoms with E-state index in [1.165, 1.54) is 372 Å². The maximum atomic E-state index is 12.5. The largest absolute Gasteiger partial charge is 0.466 e. The van der Waals surface area contributed by atoms with Crippen LogP contribution in [0.2, 0.25) is 0 Å². The van der Waals surface area contributed by atoms with Crippen LogP contribution in [0.1, 0.15) is 444 Å². The zero-order valence-electron chi connectivity index (χ0n) is 59.0. The number of hydrogen-bond acceptors (Lipinski definition) is 5. The average molecular weight is 1220 g/mol. The second kappa shape index (κ2) is 76.5. The summed E-state index contributed by atoms with van der Waals surface area (Å²) in [7, 11) is 0. The number of ether oxygens (including phenoxy) is 1. The molecule has 0 bridgehead atoms. The molecule has 0 aliphatic carbocycles. The number of hydrogen-bond donors (Lipinski definition) is 3. The molecule has 1 amide bonds. The zero-order valence-corrected chi connectivity index (χ0v) is 59.0. The van der Waals surface area contributed by atoms with Crippen LogP contribution in [-0.2, 0) is 14.3 Å². The molecular weight excluding hydrogens is 1070 g/mol. The predicted molar refractivity (Wildman–Crippen MR) is 384 cm³/mol. The Labute approximate surface area is 544 Å². The van der Waals surface area contributed by atoms with E-state index in [2.05, 4.69) is 43.5 Å². The molecule has 2 unspecified atom stereocenters. The van der Waals surface area contributed by atoms with Gasteiger partial charge in [-0.25, -0.2) is 0 Å². The normalized spacial score (nSPS) is 12.6. The molecule has 6 nitrogen and oxygen atoms in total. The highest BCUT2D eigenvalue weighted by Crippen LogP contribution is 2.20. The second-order valence-corrected chi connectivity index (χ2v) is 27.4. The topological polar surface area (TPSA) is 95.9 Å². The van der Waals surface area contributed by atoms with Crippen molar-refractivity contribution in [3.63, 3.8) is 0 Å². The van der Waals surface area contributed by atoms with E-state index in [1.54, 1.807) is 6.08 Å². The molecule has 0 aliphatic heterocycles. The van der Waals surface area contributed by atoms with Gasteiger partial charge in [-0.05, 0) is 64.2 Å². The van der Waals surface area contributed by atoms with Crippen molar-refractivity contribution in [2.45, 2.75) is 456 Å². The summed E-state index contributed by atoms with van der Waals surface area (Å²) in [5.41, 5.74) is 0. The molecule has 6 heteroatoms. The summed E-state index contributed by atoms with van der Waals surface area (Å²) < 4.78 is 5.51. The third-order valence-corrected chi connectivity index (χ3v) is 18.7. The molecule has 3 N–H and O–H groups in total. The second-order valence-electron chi connectivity index (χ2n) is 27.4. The number of amides is 1. The summed E-state index contributed by atoms with van der Waals surface area (Å²) >= 11 is 0. The maximum Gasteiger partial charge on any atom is 0.305 e. The first kappa shape index (κ1) is 85.1. The highest BCUT2D eigenvalue weighted by atomic mass is 16.5. The van der Waals surface area contributed by atoms with Crippen LogP contribution < -0.4 is 5.32 Å². The summed E-state index contributed by atoms with van der Waals surface area (Å²) in [4.78, 5) is 24.6. The van der Waals surface area contributed by atoms with Gasteiger partial charge in [-0.1, -0.05) is 403 Å². The quantitative estimate of drug-likeness (QED) is 0.0320. The van der Waals surface area contributed by atoms with Crippen LogP contribution in [-0.4, -0.2) is 47.4 Å². The monoisotopic (exact) mass is 1220 g/mol. The van der Waals surface area contributed by atoms with E-state index in [4.69, 9.17) is 4.74 Å². The molecule has 0 heterocycles. The first-order chi connectivity index (χ1) is 43.0. The highest BCUT2D eigenvalue weighted by molar-refractivity contribution is 5.76. The van der Waals surface area contributed by atoms with Crippen LogP contribution in [0.5, 0.6) is 0 Å². The van der Waals surface area contributed by atoms with Gasteiger partial charge in [0.25, 0.3) is 0 Å². The molecule has 0 aliphatic rings. The number of carbonyl (C=O) groups excluding carboxylic acids is 2. The van der Waals surface area contributed by atoms with Crippen molar-refractivity contribution < 1.29 is 24.5 Å². The lowest BCUT2D eigenvalue weighted by atomic mass is 10.0. The van der Waals surface area contributed by atoms with Crippen molar-refractivity contribution in [2.24, 2.45) is 0 Å². The van der Waals surface area contributed by atoms with E-state index in [9.17, 15) is 19.8 Å². The fraction of sp³-hybridized carbons (Fsp3) is 0.901. The molecule has 0 fully saturated rings. The Morgan fingerprint density at radius 2 is 0.575 bits per heavy atom. The number of allylic oxidation sites excluding steroid dienone is 5. The van der Waals surface area contributed by atoms with Gasteiger partial charge in [0, 0.05) is 12.8 Å². The number of aliphatic hydroxyl groups is 2. The standard InChI is InChI=1S/C81H155NO5/c1-3-5-7-9-11-13-15-17-19-21-42-45-49-53-57-61-65-69-73-79(84)78(77-83)82-80(85)74-70-66-62-58-54-50-46-43-39-37-35-33-31-29-27-25-23-22-24-26-28-30-32-34-36-38-40-44-48-52-56-60-64-68-72-76-87-81(86)75-71-67-63-59-55-51-47-41-20-18-16-14-12-10-8-6-4-2/h24,26,30,32,69,73,78-79,83-84H,3-23,25,27-29,31,33-68,70-72,74-77H2,1-2H3,(H,82,85)/b26-24-,32-30-,73-69+. The Hall–Kier alpha value is -1.92.